The summed E-state index contributed by atoms with van der Waals surface area (Å²) >= 11 is -11.2. The zero-order valence-electron chi connectivity index (χ0n) is 30.3. The Labute approximate surface area is 289 Å². The molecule has 0 aliphatic carbocycles. The predicted octanol–water partition coefficient (Wildman–Crippen LogP) is 13.3. The van der Waals surface area contributed by atoms with Gasteiger partial charge in [-0.3, -0.25) is 0 Å². The Kier molecular flexibility index (Phi) is 15.9. The molecule has 0 unspecified atom stereocenters. The molecule has 0 bridgehead atoms. The van der Waals surface area contributed by atoms with E-state index in [9.17, 15) is 16.9 Å². The summed E-state index contributed by atoms with van der Waals surface area (Å²) in [5.41, 5.74) is 13.6. The topological polar surface area (TPSA) is 23.8 Å². The summed E-state index contributed by atoms with van der Waals surface area (Å²) in [5.74, 6) is 1.50. The molecule has 0 saturated heterocycles. The fraction of sp³-hybridized carbons (Fsp3) is 0.629. The van der Waals surface area contributed by atoms with Crippen molar-refractivity contribution in [3.63, 3.8) is 0 Å². The first-order chi connectivity index (χ1) is 19.2. The maximum atomic E-state index is 9.93. The van der Waals surface area contributed by atoms with Gasteiger partial charge in [0.05, 0.1) is 6.07 Å². The van der Waals surface area contributed by atoms with Crippen LogP contribution in [0.25, 0.3) is 11.1 Å². The van der Waals surface area contributed by atoms with Gasteiger partial charge in [0.1, 0.15) is 0 Å². The molecule has 0 spiro atoms. The van der Waals surface area contributed by atoms with E-state index >= 15 is 0 Å². The first kappa shape index (κ1) is 46.6. The Morgan fingerprint density at radius 2 is 0.911 bits per heavy atom. The first-order valence-corrected chi connectivity index (χ1v) is 22.3. The average molecular weight is 955 g/mol. The van der Waals surface area contributed by atoms with E-state index < -0.39 is 27.4 Å². The SMILES string of the molecule is CC#N.Cc1c(C)c(C)c(P(C(C)(C)C)C(C)(C)C)c(-c2c(C(C)C)cc(C(C)C)cc2C(C)C)c1C.[Au+].[F][Sb-]([F])([F])([F])([F])[F]. The van der Waals surface area contributed by atoms with Crippen LogP contribution < -0.4 is 5.30 Å². The van der Waals surface area contributed by atoms with E-state index in [-0.39, 0.29) is 32.7 Å². The van der Waals surface area contributed by atoms with E-state index in [4.69, 9.17) is 5.26 Å². The molecule has 0 heterocycles. The molecule has 0 aliphatic heterocycles. The van der Waals surface area contributed by atoms with Crippen molar-refractivity contribution in [2.75, 3.05) is 0 Å². The second-order valence-corrected chi connectivity index (χ2v) is 23.9. The van der Waals surface area contributed by atoms with Crippen molar-refractivity contribution in [3.05, 3.63) is 51.1 Å². The summed E-state index contributed by atoms with van der Waals surface area (Å²) in [6, 6.07) is 6.81. The van der Waals surface area contributed by atoms with Gasteiger partial charge in [-0.2, -0.15) is 5.26 Å². The fourth-order valence-corrected chi connectivity index (χ4v) is 10.2. The molecule has 0 atom stereocenters. The monoisotopic (exact) mass is 953 g/mol. The summed E-state index contributed by atoms with van der Waals surface area (Å²) in [6.45, 7) is 39.9. The van der Waals surface area contributed by atoms with Gasteiger partial charge in [0.15, 0.2) is 0 Å². The molecule has 2 aromatic carbocycles. The van der Waals surface area contributed by atoms with Crippen molar-refractivity contribution in [2.45, 2.75) is 146 Å². The van der Waals surface area contributed by atoms with Gasteiger partial charge in [-0.25, -0.2) is 0 Å². The summed E-state index contributed by atoms with van der Waals surface area (Å²) < 4.78 is 59.6. The van der Waals surface area contributed by atoms with Crippen LogP contribution in [0.1, 0.15) is 147 Å². The minimum absolute atomic E-state index is 0. The van der Waals surface area contributed by atoms with Crippen molar-refractivity contribution >= 4 is 32.7 Å². The van der Waals surface area contributed by atoms with Gasteiger partial charge in [-0.15, -0.1) is 0 Å². The summed E-state index contributed by atoms with van der Waals surface area (Å²) in [7, 11) is -0.431. The molecule has 1 nitrogen and oxygen atoms in total. The third-order valence-electron chi connectivity index (χ3n) is 7.60. The molecule has 0 aromatic heterocycles. The number of hydrogen-bond donors (Lipinski definition) is 0. The van der Waals surface area contributed by atoms with Gasteiger partial charge in [-0.1, -0.05) is 103 Å². The standard InChI is InChI=1S/C33H53P.C2H3N.Au.6FH.Sb/c1-19(2)26-17-27(20(3)4)30(28(18-26)21(5)6)29-24(9)22(7)23(8)25(10)31(29)34(32(11,12)13)33(14,15)16;1-2-3;;;;;;;;/h17-21H,1-16H3;1H3;;6*1H;/q;;+1;;;;;;;+5/p-6. The Bertz CT molecular complexity index is 1310. The van der Waals surface area contributed by atoms with Gasteiger partial charge < -0.3 is 0 Å². The molecule has 45 heavy (non-hydrogen) atoms. The van der Waals surface area contributed by atoms with E-state index in [2.05, 4.69) is 123 Å². The van der Waals surface area contributed by atoms with E-state index in [0.29, 0.717) is 17.8 Å². The van der Waals surface area contributed by atoms with Crippen LogP contribution in [-0.2, 0) is 22.4 Å². The van der Waals surface area contributed by atoms with Crippen LogP contribution in [0, 0.1) is 39.0 Å². The molecule has 2 aromatic rings. The Balaban J connectivity index is 0. The number of hydrogen-bond acceptors (Lipinski definition) is 1. The van der Waals surface area contributed by atoms with Crippen LogP contribution in [0.3, 0.4) is 0 Å². The Morgan fingerprint density at radius 3 is 1.16 bits per heavy atom. The third-order valence-corrected chi connectivity index (χ3v) is 11.3. The number of nitrogens with zero attached hydrogens (tertiary/aromatic N) is 1. The molecular weight excluding hydrogens is 898 g/mol. The van der Waals surface area contributed by atoms with Crippen LogP contribution in [0.15, 0.2) is 12.1 Å². The number of benzene rings is 2. The van der Waals surface area contributed by atoms with Gasteiger partial charge in [0, 0.05) is 6.92 Å². The Morgan fingerprint density at radius 1 is 0.622 bits per heavy atom. The number of nitriles is 1. The van der Waals surface area contributed by atoms with Crippen LogP contribution in [0.2, 0.25) is 0 Å². The quantitative estimate of drug-likeness (QED) is 0.166. The first-order valence-electron chi connectivity index (χ1n) is 15.1. The second-order valence-electron chi connectivity index (χ2n) is 14.6. The van der Waals surface area contributed by atoms with Crippen molar-refractivity contribution in [1.29, 1.82) is 5.26 Å². The van der Waals surface area contributed by atoms with Gasteiger partial charge >= 0.3 is 58.7 Å². The molecule has 0 aliphatic rings. The zero-order chi connectivity index (χ0) is 35.6. The zero-order valence-corrected chi connectivity index (χ0v) is 35.9. The van der Waals surface area contributed by atoms with E-state index in [0.717, 1.165) is 0 Å². The summed E-state index contributed by atoms with van der Waals surface area (Å²) in [5, 5.41) is 9.40. The molecule has 264 valence electrons. The molecule has 10 heteroatoms. The third kappa shape index (κ3) is 14.7. The molecule has 2 rings (SSSR count). The van der Waals surface area contributed by atoms with Gasteiger partial charge in [0.25, 0.3) is 0 Å². The van der Waals surface area contributed by atoms with Crippen molar-refractivity contribution < 1.29 is 39.3 Å². The van der Waals surface area contributed by atoms with Crippen molar-refractivity contribution in [1.82, 2.24) is 0 Å². The fourth-order valence-electron chi connectivity index (χ4n) is 5.80. The van der Waals surface area contributed by atoms with Gasteiger partial charge in [0.2, 0.25) is 0 Å². The molecule has 0 fully saturated rings. The van der Waals surface area contributed by atoms with E-state index in [1.165, 1.54) is 51.4 Å². The van der Waals surface area contributed by atoms with E-state index in [1.54, 1.807) is 16.9 Å². The van der Waals surface area contributed by atoms with Crippen molar-refractivity contribution in [3.8, 4) is 17.2 Å². The molecule has 0 radical (unpaired) electrons. The molecular formula is C35H56AuF6NPSb. The molecule has 0 amide bonds. The van der Waals surface area contributed by atoms with Crippen molar-refractivity contribution in [2.24, 2.45) is 0 Å². The number of halogens is 6. The predicted molar refractivity (Wildman–Crippen MR) is 183 cm³/mol. The molecule has 0 saturated carbocycles. The second kappa shape index (κ2) is 15.4. The normalized spacial score (nSPS) is 13.7. The van der Waals surface area contributed by atoms with E-state index in [1.807, 2.05) is 0 Å². The number of rotatable bonds is 5. The molecule has 0 N–H and O–H groups in total. The average Bonchev–Trinajstić information content (AvgIpc) is 2.77. The van der Waals surface area contributed by atoms with Gasteiger partial charge in [-0.05, 0) is 111 Å². The van der Waals surface area contributed by atoms with Crippen LogP contribution in [0.5, 0.6) is 0 Å². The Hall–Kier alpha value is -0.502. The summed E-state index contributed by atoms with van der Waals surface area (Å²) in [4.78, 5) is 0. The minimum atomic E-state index is -11.2. The van der Waals surface area contributed by atoms with Crippen LogP contribution in [-0.4, -0.2) is 29.8 Å². The maximum absolute atomic E-state index is 11.2. The summed E-state index contributed by atoms with van der Waals surface area (Å²) in [6.07, 6.45) is 0. The van der Waals surface area contributed by atoms with Crippen LogP contribution in [0.4, 0.5) is 16.9 Å². The van der Waals surface area contributed by atoms with Crippen LogP contribution >= 0.6 is 7.92 Å².